The van der Waals surface area contributed by atoms with Gasteiger partial charge in [-0.15, -0.1) is 0 Å². The number of nitrogens with one attached hydrogen (secondary N) is 1. The molecule has 0 saturated carbocycles. The van der Waals surface area contributed by atoms with E-state index in [1.54, 1.807) is 7.11 Å². The van der Waals surface area contributed by atoms with Crippen LogP contribution in [0, 0.1) is 0 Å². The third-order valence-corrected chi connectivity index (χ3v) is 2.99. The zero-order valence-corrected chi connectivity index (χ0v) is 10.6. The Morgan fingerprint density at radius 1 is 1.40 bits per heavy atom. The first-order chi connectivity index (χ1) is 7.11. The van der Waals surface area contributed by atoms with Crippen molar-refractivity contribution in [3.8, 4) is 0 Å². The van der Waals surface area contributed by atoms with Gasteiger partial charge in [0.25, 0.3) is 0 Å². The summed E-state index contributed by atoms with van der Waals surface area (Å²) in [6.45, 7) is 10.0. The highest BCUT2D eigenvalue weighted by Gasteiger charge is 2.21. The van der Waals surface area contributed by atoms with Crippen LogP contribution in [-0.4, -0.2) is 49.8 Å². The summed E-state index contributed by atoms with van der Waals surface area (Å²) in [4.78, 5) is 2.51. The summed E-state index contributed by atoms with van der Waals surface area (Å²) in [5, 5.41) is 3.62. The van der Waals surface area contributed by atoms with E-state index in [9.17, 15) is 0 Å². The van der Waals surface area contributed by atoms with Gasteiger partial charge >= 0.3 is 0 Å². The van der Waals surface area contributed by atoms with Gasteiger partial charge in [-0.2, -0.15) is 0 Å². The van der Waals surface area contributed by atoms with Gasteiger partial charge in [0.1, 0.15) is 0 Å². The van der Waals surface area contributed by atoms with E-state index in [1.165, 1.54) is 25.9 Å². The fourth-order valence-corrected chi connectivity index (χ4v) is 2.27. The lowest BCUT2D eigenvalue weighted by atomic mass is 10.0. The number of piperidine rings is 1. The highest BCUT2D eigenvalue weighted by molar-refractivity contribution is 4.80. The molecule has 1 N–H and O–H groups in total. The lowest BCUT2D eigenvalue weighted by Crippen LogP contribution is -2.49. The van der Waals surface area contributed by atoms with Gasteiger partial charge in [-0.05, 0) is 26.3 Å². The molecule has 0 bridgehead atoms. The summed E-state index contributed by atoms with van der Waals surface area (Å²) >= 11 is 0. The Bertz CT molecular complexity index is 173. The van der Waals surface area contributed by atoms with Crippen molar-refractivity contribution < 1.29 is 4.74 Å². The van der Waals surface area contributed by atoms with Crippen LogP contribution in [0.25, 0.3) is 0 Å². The van der Waals surface area contributed by atoms with Gasteiger partial charge in [0.2, 0.25) is 0 Å². The normalized spacial score (nSPS) is 25.8. The minimum atomic E-state index is 0.350. The Labute approximate surface area is 94.2 Å². The third kappa shape index (κ3) is 4.96. The van der Waals surface area contributed by atoms with E-state index in [2.05, 4.69) is 31.0 Å². The maximum atomic E-state index is 5.31. The van der Waals surface area contributed by atoms with Crippen molar-refractivity contribution in [3.63, 3.8) is 0 Å². The number of hydrogen-bond donors (Lipinski definition) is 1. The molecule has 0 spiro atoms. The zero-order chi connectivity index (χ0) is 11.3. The monoisotopic (exact) mass is 214 g/mol. The van der Waals surface area contributed by atoms with Gasteiger partial charge in [0.15, 0.2) is 0 Å². The molecule has 0 aromatic heterocycles. The molecule has 0 aliphatic carbocycles. The quantitative estimate of drug-likeness (QED) is 0.750. The number of likely N-dealkylation sites (tertiary alicyclic amines) is 1. The summed E-state index contributed by atoms with van der Waals surface area (Å²) in [6, 6.07) is 1.26. The first-order valence-electron chi connectivity index (χ1n) is 6.13. The molecule has 1 saturated heterocycles. The van der Waals surface area contributed by atoms with Crippen molar-refractivity contribution in [1.29, 1.82) is 0 Å². The molecule has 0 amide bonds. The van der Waals surface area contributed by atoms with Crippen molar-refractivity contribution in [3.05, 3.63) is 0 Å². The first kappa shape index (κ1) is 12.9. The van der Waals surface area contributed by atoms with Crippen LogP contribution < -0.4 is 5.32 Å². The fourth-order valence-electron chi connectivity index (χ4n) is 2.27. The van der Waals surface area contributed by atoms with Crippen molar-refractivity contribution in [1.82, 2.24) is 10.2 Å². The molecule has 3 heteroatoms. The van der Waals surface area contributed by atoms with Gasteiger partial charge in [0.05, 0.1) is 6.10 Å². The molecular weight excluding hydrogens is 188 g/mol. The maximum Gasteiger partial charge on any atom is 0.0670 e. The van der Waals surface area contributed by atoms with Crippen molar-refractivity contribution >= 4 is 0 Å². The van der Waals surface area contributed by atoms with Gasteiger partial charge in [-0.1, -0.05) is 13.8 Å². The van der Waals surface area contributed by atoms with E-state index in [-0.39, 0.29) is 0 Å². The zero-order valence-electron chi connectivity index (χ0n) is 10.6. The van der Waals surface area contributed by atoms with Crippen LogP contribution in [-0.2, 0) is 4.74 Å². The smallest absolute Gasteiger partial charge is 0.0670 e. The van der Waals surface area contributed by atoms with E-state index >= 15 is 0 Å². The van der Waals surface area contributed by atoms with Gasteiger partial charge in [-0.3, -0.25) is 4.90 Å². The molecule has 90 valence electrons. The topological polar surface area (TPSA) is 24.5 Å². The standard InChI is InChI=1S/C12H26N2O/c1-10(2)13-12-6-5-7-14(9-12)8-11(3)15-4/h10-13H,5-9H2,1-4H3. The summed E-state index contributed by atoms with van der Waals surface area (Å²) in [7, 11) is 1.79. The summed E-state index contributed by atoms with van der Waals surface area (Å²) in [5.41, 5.74) is 0. The molecule has 1 heterocycles. The average molecular weight is 214 g/mol. The molecule has 2 atom stereocenters. The molecule has 0 aromatic rings. The lowest BCUT2D eigenvalue weighted by molar-refractivity contribution is 0.0631. The molecule has 0 radical (unpaired) electrons. The molecule has 1 fully saturated rings. The van der Waals surface area contributed by atoms with Crippen LogP contribution in [0.3, 0.4) is 0 Å². The number of rotatable bonds is 5. The van der Waals surface area contributed by atoms with E-state index in [0.29, 0.717) is 18.2 Å². The maximum absolute atomic E-state index is 5.31. The second-order valence-corrected chi connectivity index (χ2v) is 4.97. The molecule has 3 nitrogen and oxygen atoms in total. The van der Waals surface area contributed by atoms with E-state index in [4.69, 9.17) is 4.74 Å². The van der Waals surface area contributed by atoms with Crippen LogP contribution in [0.2, 0.25) is 0 Å². The summed E-state index contributed by atoms with van der Waals surface area (Å²) in [5.74, 6) is 0. The van der Waals surface area contributed by atoms with Crippen molar-refractivity contribution in [2.45, 2.75) is 51.8 Å². The summed E-state index contributed by atoms with van der Waals surface area (Å²) < 4.78 is 5.31. The lowest BCUT2D eigenvalue weighted by Gasteiger charge is -2.35. The molecule has 15 heavy (non-hydrogen) atoms. The SMILES string of the molecule is COC(C)CN1CCCC(NC(C)C)C1. The predicted octanol–water partition coefficient (Wildman–Crippen LogP) is 1.48. The number of methoxy groups -OCH3 is 1. The van der Waals surface area contributed by atoms with E-state index in [1.807, 2.05) is 0 Å². The van der Waals surface area contributed by atoms with Gasteiger partial charge in [0, 0.05) is 32.3 Å². The van der Waals surface area contributed by atoms with Crippen molar-refractivity contribution in [2.75, 3.05) is 26.7 Å². The Morgan fingerprint density at radius 3 is 2.73 bits per heavy atom. The van der Waals surface area contributed by atoms with Crippen molar-refractivity contribution in [2.24, 2.45) is 0 Å². The van der Waals surface area contributed by atoms with Crippen LogP contribution in [0.5, 0.6) is 0 Å². The number of hydrogen-bond acceptors (Lipinski definition) is 3. The van der Waals surface area contributed by atoms with Crippen LogP contribution in [0.15, 0.2) is 0 Å². The number of ether oxygens (including phenoxy) is 1. The second kappa shape index (κ2) is 6.46. The largest absolute Gasteiger partial charge is 0.380 e. The Balaban J connectivity index is 2.28. The minimum Gasteiger partial charge on any atom is -0.380 e. The second-order valence-electron chi connectivity index (χ2n) is 4.97. The Kier molecular flexibility index (Phi) is 5.58. The molecule has 1 aliphatic heterocycles. The predicted molar refractivity (Wildman–Crippen MR) is 64.2 cm³/mol. The summed E-state index contributed by atoms with van der Waals surface area (Å²) in [6.07, 6.45) is 2.97. The first-order valence-corrected chi connectivity index (χ1v) is 6.13. The highest BCUT2D eigenvalue weighted by atomic mass is 16.5. The molecule has 0 aromatic carbocycles. The van der Waals surface area contributed by atoms with Gasteiger partial charge in [-0.25, -0.2) is 0 Å². The van der Waals surface area contributed by atoms with Gasteiger partial charge < -0.3 is 10.1 Å². The van der Waals surface area contributed by atoms with Crippen LogP contribution >= 0.6 is 0 Å². The van der Waals surface area contributed by atoms with Crippen LogP contribution in [0.4, 0.5) is 0 Å². The molecule has 1 aliphatic rings. The minimum absolute atomic E-state index is 0.350. The molecular formula is C12H26N2O. The van der Waals surface area contributed by atoms with E-state index in [0.717, 1.165) is 6.54 Å². The van der Waals surface area contributed by atoms with E-state index < -0.39 is 0 Å². The highest BCUT2D eigenvalue weighted by Crippen LogP contribution is 2.11. The third-order valence-electron chi connectivity index (χ3n) is 2.99. The molecule has 1 rings (SSSR count). The average Bonchev–Trinajstić information content (AvgIpc) is 2.17. The Morgan fingerprint density at radius 2 is 2.13 bits per heavy atom. The number of nitrogens with zero attached hydrogens (tertiary/aromatic N) is 1. The fraction of sp³-hybridized carbons (Fsp3) is 1.00. The Hall–Kier alpha value is -0.120. The van der Waals surface area contributed by atoms with Crippen LogP contribution in [0.1, 0.15) is 33.6 Å². The molecule has 2 unspecified atom stereocenters.